The van der Waals surface area contributed by atoms with Crippen LogP contribution in [0.4, 0.5) is 4.79 Å². The first-order valence-electron chi connectivity index (χ1n) is 9.42. The highest BCUT2D eigenvalue weighted by molar-refractivity contribution is 6.08. The van der Waals surface area contributed by atoms with E-state index in [2.05, 4.69) is 17.7 Å². The molecule has 2 heterocycles. The summed E-state index contributed by atoms with van der Waals surface area (Å²) in [7, 11) is 1.57. The second kappa shape index (κ2) is 6.85. The third-order valence-corrected chi connectivity index (χ3v) is 5.74. The van der Waals surface area contributed by atoms with Gasteiger partial charge in [0.15, 0.2) is 0 Å². The number of methoxy groups -OCH3 is 1. The van der Waals surface area contributed by atoms with Crippen molar-refractivity contribution in [3.63, 3.8) is 0 Å². The fourth-order valence-corrected chi connectivity index (χ4v) is 3.98. The average molecular weight is 385 g/mol. The Hall–Kier alpha value is -3.03. The number of nitrogens with zero attached hydrogens (tertiary/aromatic N) is 1. The molecule has 1 aliphatic heterocycles. The van der Waals surface area contributed by atoms with Gasteiger partial charge in [0.05, 0.1) is 19.8 Å². The summed E-state index contributed by atoms with van der Waals surface area (Å²) < 4.78 is 10.6. The van der Waals surface area contributed by atoms with Crippen molar-refractivity contribution < 1.29 is 23.5 Å². The van der Waals surface area contributed by atoms with Crippen LogP contribution in [0.3, 0.4) is 0 Å². The Bertz CT molecular complexity index is 942. The predicted octanol–water partition coefficient (Wildman–Crippen LogP) is 2.52. The maximum Gasteiger partial charge on any atom is 0.344 e. The molecule has 4 rings (SSSR count). The van der Waals surface area contributed by atoms with Gasteiger partial charge in [-0.2, -0.15) is 5.01 Å². The number of fused-ring (bicyclic) bond motifs is 1. The highest BCUT2D eigenvalue weighted by Crippen LogP contribution is 2.35. The molecule has 1 aromatic heterocycles. The zero-order valence-electron chi connectivity index (χ0n) is 15.9. The molecule has 4 amide bonds. The molecule has 0 bridgehead atoms. The van der Waals surface area contributed by atoms with Crippen LogP contribution in [0, 0.1) is 5.92 Å². The van der Waals surface area contributed by atoms with E-state index >= 15 is 0 Å². The van der Waals surface area contributed by atoms with Crippen molar-refractivity contribution in [2.45, 2.75) is 44.6 Å². The van der Waals surface area contributed by atoms with E-state index in [0.29, 0.717) is 35.7 Å². The number of hydrogen-bond donors (Lipinski definition) is 2. The first-order valence-corrected chi connectivity index (χ1v) is 9.42. The topological polar surface area (TPSA) is 101 Å². The zero-order valence-corrected chi connectivity index (χ0v) is 15.9. The number of urea groups is 1. The minimum Gasteiger partial charge on any atom is -0.497 e. The third-order valence-electron chi connectivity index (χ3n) is 5.74. The van der Waals surface area contributed by atoms with Crippen LogP contribution in [0.1, 0.15) is 38.2 Å². The second-order valence-corrected chi connectivity index (χ2v) is 7.67. The lowest BCUT2D eigenvalue weighted by molar-refractivity contribution is -0.139. The molecule has 0 unspecified atom stereocenters. The van der Waals surface area contributed by atoms with E-state index in [1.807, 2.05) is 6.07 Å². The van der Waals surface area contributed by atoms with Crippen molar-refractivity contribution in [3.8, 4) is 5.75 Å². The van der Waals surface area contributed by atoms with Crippen LogP contribution in [0.25, 0.3) is 11.0 Å². The molecule has 2 aromatic rings. The Balaban J connectivity index is 1.45. The predicted molar refractivity (Wildman–Crippen MR) is 100 cm³/mol. The number of amides is 4. The fourth-order valence-electron chi connectivity index (χ4n) is 3.98. The first kappa shape index (κ1) is 18.3. The van der Waals surface area contributed by atoms with Crippen LogP contribution in [-0.2, 0) is 16.0 Å². The number of hydrogen-bond acceptors (Lipinski definition) is 5. The van der Waals surface area contributed by atoms with Crippen LogP contribution in [0.5, 0.6) is 5.75 Å². The molecule has 8 nitrogen and oxygen atoms in total. The molecule has 2 fully saturated rings. The second-order valence-electron chi connectivity index (χ2n) is 7.67. The molecule has 28 heavy (non-hydrogen) atoms. The quantitative estimate of drug-likeness (QED) is 0.788. The van der Waals surface area contributed by atoms with Crippen LogP contribution in [-0.4, -0.2) is 35.5 Å². The van der Waals surface area contributed by atoms with Gasteiger partial charge in [-0.3, -0.25) is 15.0 Å². The molecule has 1 spiro atoms. The average Bonchev–Trinajstić information content (AvgIpc) is 3.18. The largest absolute Gasteiger partial charge is 0.497 e. The molecule has 148 valence electrons. The van der Waals surface area contributed by atoms with Crippen LogP contribution >= 0.6 is 0 Å². The van der Waals surface area contributed by atoms with Crippen LogP contribution in [0.2, 0.25) is 0 Å². The number of nitrogens with one attached hydrogen (secondary N) is 2. The van der Waals surface area contributed by atoms with Crippen molar-refractivity contribution >= 4 is 28.8 Å². The molecule has 2 N–H and O–H groups in total. The van der Waals surface area contributed by atoms with Crippen molar-refractivity contribution in [1.29, 1.82) is 0 Å². The minimum atomic E-state index is -0.879. The number of carbonyl (C=O) groups excluding carboxylic acids is 3. The monoisotopic (exact) mass is 385 g/mol. The number of benzene rings is 1. The lowest BCUT2D eigenvalue weighted by Gasteiger charge is -2.33. The molecule has 0 atom stereocenters. The molecule has 0 radical (unpaired) electrons. The van der Waals surface area contributed by atoms with Crippen molar-refractivity contribution in [1.82, 2.24) is 15.8 Å². The van der Waals surface area contributed by atoms with E-state index in [4.69, 9.17) is 9.15 Å². The summed E-state index contributed by atoms with van der Waals surface area (Å²) in [6, 6.07) is 4.76. The Kier molecular flexibility index (Phi) is 4.49. The molecule has 1 aliphatic carbocycles. The summed E-state index contributed by atoms with van der Waals surface area (Å²) >= 11 is 0. The number of hydrazine groups is 1. The van der Waals surface area contributed by atoms with E-state index in [9.17, 15) is 14.4 Å². The lowest BCUT2D eigenvalue weighted by atomic mass is 9.77. The van der Waals surface area contributed by atoms with Gasteiger partial charge in [0.1, 0.15) is 16.9 Å². The van der Waals surface area contributed by atoms with Gasteiger partial charge in [0, 0.05) is 17.0 Å². The van der Waals surface area contributed by atoms with Gasteiger partial charge in [-0.05, 0) is 43.7 Å². The Morgan fingerprint density at radius 1 is 1.36 bits per heavy atom. The van der Waals surface area contributed by atoms with Crippen molar-refractivity contribution in [3.05, 3.63) is 30.0 Å². The van der Waals surface area contributed by atoms with E-state index in [1.54, 1.807) is 19.2 Å². The highest BCUT2D eigenvalue weighted by Gasteiger charge is 2.52. The maximum absolute atomic E-state index is 12.8. The summed E-state index contributed by atoms with van der Waals surface area (Å²) in [5, 5.41) is 4.39. The Labute approximate surface area is 162 Å². The Morgan fingerprint density at radius 2 is 2.11 bits per heavy atom. The molecule has 1 aromatic carbocycles. The van der Waals surface area contributed by atoms with Gasteiger partial charge in [0.25, 0.3) is 5.91 Å². The van der Waals surface area contributed by atoms with Crippen molar-refractivity contribution in [2.24, 2.45) is 5.92 Å². The fraction of sp³-hybridized carbons (Fsp3) is 0.450. The molecule has 1 saturated heterocycles. The van der Waals surface area contributed by atoms with Gasteiger partial charge < -0.3 is 14.5 Å². The summed E-state index contributed by atoms with van der Waals surface area (Å²) in [4.78, 5) is 37.6. The first-order chi connectivity index (χ1) is 13.4. The van der Waals surface area contributed by atoms with Gasteiger partial charge >= 0.3 is 6.03 Å². The van der Waals surface area contributed by atoms with E-state index in [-0.39, 0.29) is 12.3 Å². The molecule has 8 heteroatoms. The molecule has 1 saturated carbocycles. The summed E-state index contributed by atoms with van der Waals surface area (Å²) in [6.07, 6.45) is 4.43. The van der Waals surface area contributed by atoms with E-state index < -0.39 is 17.5 Å². The number of carbonyl (C=O) groups is 3. The summed E-state index contributed by atoms with van der Waals surface area (Å²) in [5.74, 6) is 0.360. The minimum absolute atomic E-state index is 0.0135. The number of furan rings is 1. The van der Waals surface area contributed by atoms with E-state index in [1.165, 1.54) is 6.26 Å². The van der Waals surface area contributed by atoms with Crippen molar-refractivity contribution in [2.75, 3.05) is 7.11 Å². The zero-order chi connectivity index (χ0) is 19.9. The van der Waals surface area contributed by atoms with Crippen LogP contribution in [0.15, 0.2) is 28.9 Å². The normalized spacial score (nSPS) is 24.6. The SMILES string of the molecule is COc1ccc2c(CC(=O)NN3C(=O)NC4(CCC(C)CC4)C3=O)coc2c1. The third kappa shape index (κ3) is 3.08. The molecule has 2 aliphatic rings. The smallest absolute Gasteiger partial charge is 0.344 e. The maximum atomic E-state index is 12.8. The van der Waals surface area contributed by atoms with Gasteiger partial charge in [-0.1, -0.05) is 6.92 Å². The summed E-state index contributed by atoms with van der Waals surface area (Å²) in [5.41, 5.74) is 2.85. The summed E-state index contributed by atoms with van der Waals surface area (Å²) in [6.45, 7) is 2.14. The number of imide groups is 1. The highest BCUT2D eigenvalue weighted by atomic mass is 16.5. The van der Waals surface area contributed by atoms with Gasteiger partial charge in [0.2, 0.25) is 5.91 Å². The molecular formula is C20H23N3O5. The number of ether oxygens (including phenoxy) is 1. The number of rotatable bonds is 4. The Morgan fingerprint density at radius 3 is 2.82 bits per heavy atom. The molecular weight excluding hydrogens is 362 g/mol. The lowest BCUT2D eigenvalue weighted by Crippen LogP contribution is -2.51. The van der Waals surface area contributed by atoms with Gasteiger partial charge in [-0.15, -0.1) is 0 Å². The van der Waals surface area contributed by atoms with E-state index in [0.717, 1.165) is 23.2 Å². The van der Waals surface area contributed by atoms with Crippen LogP contribution < -0.4 is 15.5 Å². The van der Waals surface area contributed by atoms with Gasteiger partial charge in [-0.25, -0.2) is 4.79 Å². The standard InChI is InChI=1S/C20H23N3O5/c1-12-5-7-20(8-6-12)18(25)23(19(26)21-20)22-17(24)9-13-11-28-16-10-14(27-2)3-4-15(13)16/h3-4,10-12H,5-9H2,1-2H3,(H,21,26)(H,22,24).